The third kappa shape index (κ3) is 3.98. The highest BCUT2D eigenvalue weighted by molar-refractivity contribution is 5.88. The fraction of sp³-hybridized carbons (Fsp3) is 0.778. The Hall–Kier alpha value is -1.40. The number of esters is 1. The van der Waals surface area contributed by atoms with Crippen molar-refractivity contribution < 1.29 is 19.1 Å². The SMILES string of the molecule is C=CCCCC[C@H](N)C(=O)N1C[C@@H]2OC(C)(C)C[C@@H]2[C@H]1C(=O)OC. The van der Waals surface area contributed by atoms with Crippen LogP contribution in [0.4, 0.5) is 0 Å². The Balaban J connectivity index is 2.04. The van der Waals surface area contributed by atoms with Gasteiger partial charge >= 0.3 is 5.97 Å². The van der Waals surface area contributed by atoms with E-state index in [1.54, 1.807) is 4.90 Å². The molecule has 0 aliphatic carbocycles. The first-order valence-electron chi connectivity index (χ1n) is 8.73. The molecule has 0 unspecified atom stereocenters. The van der Waals surface area contributed by atoms with Gasteiger partial charge in [-0.2, -0.15) is 0 Å². The number of nitrogens with two attached hydrogens (primary N) is 1. The zero-order chi connectivity index (χ0) is 17.9. The van der Waals surface area contributed by atoms with E-state index in [1.165, 1.54) is 7.11 Å². The number of unbranched alkanes of at least 4 members (excludes halogenated alkanes) is 2. The summed E-state index contributed by atoms with van der Waals surface area (Å²) in [5.41, 5.74) is 5.80. The minimum absolute atomic E-state index is 0.0237. The van der Waals surface area contributed by atoms with Crippen molar-refractivity contribution in [2.75, 3.05) is 13.7 Å². The topological polar surface area (TPSA) is 81.9 Å². The number of amides is 1. The summed E-state index contributed by atoms with van der Waals surface area (Å²) in [6.45, 7) is 8.12. The summed E-state index contributed by atoms with van der Waals surface area (Å²) < 4.78 is 11.0. The van der Waals surface area contributed by atoms with Gasteiger partial charge in [0, 0.05) is 12.5 Å². The van der Waals surface area contributed by atoms with Gasteiger partial charge in [0.1, 0.15) is 6.04 Å². The van der Waals surface area contributed by atoms with Crippen LogP contribution in [0, 0.1) is 5.92 Å². The molecule has 6 nitrogen and oxygen atoms in total. The van der Waals surface area contributed by atoms with Crippen molar-refractivity contribution >= 4 is 11.9 Å². The van der Waals surface area contributed by atoms with E-state index in [0.29, 0.717) is 13.0 Å². The maximum absolute atomic E-state index is 12.7. The number of hydrogen-bond donors (Lipinski definition) is 1. The number of rotatable bonds is 7. The van der Waals surface area contributed by atoms with Crippen molar-refractivity contribution in [2.24, 2.45) is 11.7 Å². The van der Waals surface area contributed by atoms with Crippen molar-refractivity contribution in [2.45, 2.75) is 69.7 Å². The number of carbonyl (C=O) groups excluding carboxylic acids is 2. The molecule has 0 aromatic rings. The maximum atomic E-state index is 12.7. The summed E-state index contributed by atoms with van der Waals surface area (Å²) in [7, 11) is 1.36. The molecular weight excluding hydrogens is 308 g/mol. The lowest BCUT2D eigenvalue weighted by Gasteiger charge is -2.29. The first kappa shape index (κ1) is 18.9. The van der Waals surface area contributed by atoms with Gasteiger partial charge in [-0.3, -0.25) is 4.79 Å². The van der Waals surface area contributed by atoms with Gasteiger partial charge in [0.25, 0.3) is 0 Å². The van der Waals surface area contributed by atoms with Crippen LogP contribution < -0.4 is 5.73 Å². The van der Waals surface area contributed by atoms with E-state index in [-0.39, 0.29) is 29.5 Å². The number of carbonyl (C=O) groups is 2. The van der Waals surface area contributed by atoms with E-state index in [0.717, 1.165) is 25.7 Å². The van der Waals surface area contributed by atoms with Crippen LogP contribution in [-0.2, 0) is 19.1 Å². The number of hydrogen-bond acceptors (Lipinski definition) is 5. The third-order valence-corrected chi connectivity index (χ3v) is 5.01. The van der Waals surface area contributed by atoms with Crippen molar-refractivity contribution in [3.63, 3.8) is 0 Å². The monoisotopic (exact) mass is 338 g/mol. The molecule has 0 spiro atoms. The average Bonchev–Trinajstić information content (AvgIpc) is 3.01. The Labute approximate surface area is 144 Å². The predicted octanol–water partition coefficient (Wildman–Crippen LogP) is 1.63. The molecule has 2 heterocycles. The van der Waals surface area contributed by atoms with Crippen molar-refractivity contribution in [1.82, 2.24) is 4.90 Å². The van der Waals surface area contributed by atoms with Crippen LogP contribution in [-0.4, -0.2) is 54.2 Å². The van der Waals surface area contributed by atoms with E-state index in [9.17, 15) is 9.59 Å². The molecule has 24 heavy (non-hydrogen) atoms. The summed E-state index contributed by atoms with van der Waals surface area (Å²) in [4.78, 5) is 26.6. The fourth-order valence-electron chi connectivity index (χ4n) is 3.91. The van der Waals surface area contributed by atoms with Crippen molar-refractivity contribution in [1.29, 1.82) is 0 Å². The van der Waals surface area contributed by atoms with Crippen molar-refractivity contribution in [3.05, 3.63) is 12.7 Å². The minimum atomic E-state index is -0.589. The van der Waals surface area contributed by atoms with Gasteiger partial charge in [0.15, 0.2) is 0 Å². The summed E-state index contributed by atoms with van der Waals surface area (Å²) in [6, 6.07) is -1.18. The van der Waals surface area contributed by atoms with Gasteiger partial charge in [-0.05, 0) is 39.5 Å². The zero-order valence-electron chi connectivity index (χ0n) is 15.0. The second-order valence-electron chi connectivity index (χ2n) is 7.42. The lowest BCUT2D eigenvalue weighted by atomic mass is 9.90. The molecule has 2 fully saturated rings. The van der Waals surface area contributed by atoms with E-state index in [1.807, 2.05) is 19.9 Å². The molecule has 0 bridgehead atoms. The highest BCUT2D eigenvalue weighted by Gasteiger charge is 2.55. The maximum Gasteiger partial charge on any atom is 0.328 e. The van der Waals surface area contributed by atoms with Crippen LogP contribution in [0.5, 0.6) is 0 Å². The Morgan fingerprint density at radius 2 is 2.17 bits per heavy atom. The Morgan fingerprint density at radius 1 is 1.46 bits per heavy atom. The number of likely N-dealkylation sites (tertiary alicyclic amines) is 1. The molecule has 1 amide bonds. The van der Waals surface area contributed by atoms with Crippen LogP contribution in [0.1, 0.15) is 46.0 Å². The number of fused-ring (bicyclic) bond motifs is 1. The standard InChI is InChI=1S/C18H30N2O4/c1-5-6-7-8-9-13(19)16(21)20-11-14-12(10-18(2,3)24-14)15(20)17(22)23-4/h5,12-15H,1,6-11,19H2,2-4H3/t12-,13-,14-,15-/m0/s1. The van der Waals surface area contributed by atoms with Crippen LogP contribution >= 0.6 is 0 Å². The van der Waals surface area contributed by atoms with Gasteiger partial charge < -0.3 is 20.1 Å². The molecule has 0 radical (unpaired) electrons. The number of nitrogens with zero attached hydrogens (tertiary/aromatic N) is 1. The Bertz CT molecular complexity index is 491. The Kier molecular flexibility index (Phi) is 6.04. The first-order valence-corrected chi connectivity index (χ1v) is 8.73. The summed E-state index contributed by atoms with van der Waals surface area (Å²) in [5.74, 6) is -0.583. The average molecular weight is 338 g/mol. The van der Waals surface area contributed by atoms with Crippen molar-refractivity contribution in [3.8, 4) is 0 Å². The van der Waals surface area contributed by atoms with Crippen LogP contribution in [0.2, 0.25) is 0 Å². The molecule has 2 saturated heterocycles. The summed E-state index contributed by atoms with van der Waals surface area (Å²) >= 11 is 0. The number of methoxy groups -OCH3 is 1. The minimum Gasteiger partial charge on any atom is -0.467 e. The molecule has 0 saturated carbocycles. The summed E-state index contributed by atoms with van der Waals surface area (Å²) in [5, 5.41) is 0. The van der Waals surface area contributed by atoms with E-state index in [2.05, 4.69) is 6.58 Å². The van der Waals surface area contributed by atoms with Gasteiger partial charge in [0.05, 0.1) is 24.9 Å². The van der Waals surface area contributed by atoms with Crippen LogP contribution in [0.3, 0.4) is 0 Å². The lowest BCUT2D eigenvalue weighted by Crippen LogP contribution is -2.51. The fourth-order valence-corrected chi connectivity index (χ4v) is 3.91. The predicted molar refractivity (Wildman–Crippen MR) is 91.2 cm³/mol. The highest BCUT2D eigenvalue weighted by atomic mass is 16.5. The smallest absolute Gasteiger partial charge is 0.328 e. The second-order valence-corrected chi connectivity index (χ2v) is 7.42. The zero-order valence-corrected chi connectivity index (χ0v) is 15.0. The molecule has 4 atom stereocenters. The second kappa shape index (κ2) is 7.66. The largest absolute Gasteiger partial charge is 0.467 e. The molecule has 2 rings (SSSR count). The molecule has 2 N–H and O–H groups in total. The van der Waals surface area contributed by atoms with E-state index < -0.39 is 12.1 Å². The lowest BCUT2D eigenvalue weighted by molar-refractivity contribution is -0.153. The molecule has 6 heteroatoms. The quantitative estimate of drug-likeness (QED) is 0.433. The van der Waals surface area contributed by atoms with Gasteiger partial charge in [-0.15, -0.1) is 6.58 Å². The molecule has 0 aromatic heterocycles. The highest BCUT2D eigenvalue weighted by Crippen LogP contribution is 2.43. The molecule has 2 aliphatic rings. The van der Waals surface area contributed by atoms with Gasteiger partial charge in [0.2, 0.25) is 5.91 Å². The third-order valence-electron chi connectivity index (χ3n) is 5.01. The Morgan fingerprint density at radius 3 is 2.79 bits per heavy atom. The number of allylic oxidation sites excluding steroid dienone is 1. The normalized spacial score (nSPS) is 29.2. The molecular formula is C18H30N2O4. The molecule has 0 aromatic carbocycles. The van der Waals surface area contributed by atoms with Gasteiger partial charge in [-0.1, -0.05) is 12.5 Å². The first-order chi connectivity index (χ1) is 11.3. The molecule has 2 aliphatic heterocycles. The van der Waals surface area contributed by atoms with Crippen LogP contribution in [0.25, 0.3) is 0 Å². The molecule has 136 valence electrons. The van der Waals surface area contributed by atoms with Crippen LogP contribution in [0.15, 0.2) is 12.7 Å². The van der Waals surface area contributed by atoms with E-state index >= 15 is 0 Å². The number of ether oxygens (including phenoxy) is 2. The summed E-state index contributed by atoms with van der Waals surface area (Å²) in [6.07, 6.45) is 5.83. The van der Waals surface area contributed by atoms with Gasteiger partial charge in [-0.25, -0.2) is 4.79 Å². The van der Waals surface area contributed by atoms with E-state index in [4.69, 9.17) is 15.2 Å².